The van der Waals surface area contributed by atoms with Crippen LogP contribution in [0.25, 0.3) is 0 Å². The highest BCUT2D eigenvalue weighted by atomic mass is 32.1. The normalized spacial score (nSPS) is 13.6. The molecular formula is C15H12N2OS. The molecule has 2 aromatic rings. The highest BCUT2D eigenvalue weighted by Crippen LogP contribution is 2.40. The van der Waals surface area contributed by atoms with Gasteiger partial charge >= 0.3 is 0 Å². The Hall–Kier alpha value is -2.12. The maximum atomic E-state index is 9.68. The van der Waals surface area contributed by atoms with Crippen molar-refractivity contribution in [3.8, 4) is 11.8 Å². The lowest BCUT2D eigenvalue weighted by atomic mass is 10.1. The van der Waals surface area contributed by atoms with E-state index in [0.29, 0.717) is 11.1 Å². The Balaban J connectivity index is 1.97. The molecular weight excluding hydrogens is 256 g/mol. The van der Waals surface area contributed by atoms with E-state index in [1.54, 1.807) is 35.8 Å². The smallest absolute Gasteiger partial charge is 0.134 e. The van der Waals surface area contributed by atoms with Gasteiger partial charge in [-0.2, -0.15) is 5.26 Å². The molecule has 19 heavy (non-hydrogen) atoms. The van der Waals surface area contributed by atoms with Crippen molar-refractivity contribution in [2.75, 3.05) is 0 Å². The number of hydrogen-bond donors (Lipinski definition) is 1. The van der Waals surface area contributed by atoms with Crippen LogP contribution in [0.15, 0.2) is 29.3 Å². The van der Waals surface area contributed by atoms with Gasteiger partial charge in [0.05, 0.1) is 5.56 Å². The summed E-state index contributed by atoms with van der Waals surface area (Å²) in [5.74, 6) is 0.203. The molecule has 1 aliphatic carbocycles. The topological polar surface area (TPSA) is 56.4 Å². The Morgan fingerprint density at radius 3 is 2.95 bits per heavy atom. The second-order valence-electron chi connectivity index (χ2n) is 4.47. The van der Waals surface area contributed by atoms with Gasteiger partial charge in [0.2, 0.25) is 0 Å². The summed E-state index contributed by atoms with van der Waals surface area (Å²) in [6.07, 6.45) is 4.80. The van der Waals surface area contributed by atoms with Gasteiger partial charge in [-0.05, 0) is 37.0 Å². The molecule has 0 bridgehead atoms. The fourth-order valence-electron chi connectivity index (χ4n) is 2.32. The molecule has 0 atom stereocenters. The summed E-state index contributed by atoms with van der Waals surface area (Å²) in [6, 6.07) is 9.30. The molecule has 0 radical (unpaired) electrons. The summed E-state index contributed by atoms with van der Waals surface area (Å²) in [7, 11) is 0. The van der Waals surface area contributed by atoms with E-state index in [4.69, 9.17) is 0 Å². The first-order valence-electron chi connectivity index (χ1n) is 6.16. The molecule has 0 amide bonds. The third-order valence-electron chi connectivity index (χ3n) is 3.27. The second-order valence-corrected chi connectivity index (χ2v) is 5.55. The number of hydrogen-bond acceptors (Lipinski definition) is 4. The molecule has 1 aliphatic rings. The zero-order valence-electron chi connectivity index (χ0n) is 10.3. The summed E-state index contributed by atoms with van der Waals surface area (Å²) in [6.45, 7) is 0. The highest BCUT2D eigenvalue weighted by molar-refractivity contribution is 7.16. The predicted molar refractivity (Wildman–Crippen MR) is 76.4 cm³/mol. The first-order valence-corrected chi connectivity index (χ1v) is 6.98. The number of aliphatic imine (C=N–C) groups is 1. The summed E-state index contributed by atoms with van der Waals surface area (Å²) in [4.78, 5) is 5.68. The Morgan fingerprint density at radius 1 is 1.32 bits per heavy atom. The molecule has 1 heterocycles. The number of rotatable bonds is 2. The van der Waals surface area contributed by atoms with Crippen molar-refractivity contribution < 1.29 is 5.11 Å². The first-order chi connectivity index (χ1) is 9.29. The molecule has 0 fully saturated rings. The van der Waals surface area contributed by atoms with E-state index in [-0.39, 0.29) is 5.75 Å². The summed E-state index contributed by atoms with van der Waals surface area (Å²) in [5, 5.41) is 19.7. The van der Waals surface area contributed by atoms with Crippen molar-refractivity contribution in [1.29, 1.82) is 5.26 Å². The van der Waals surface area contributed by atoms with Crippen LogP contribution in [0.2, 0.25) is 0 Å². The third kappa shape index (κ3) is 2.13. The molecule has 0 spiro atoms. The fourth-order valence-corrected chi connectivity index (χ4v) is 3.50. The van der Waals surface area contributed by atoms with E-state index in [9.17, 15) is 10.4 Å². The number of aromatic hydroxyl groups is 1. The van der Waals surface area contributed by atoms with Crippen LogP contribution in [-0.2, 0) is 12.8 Å². The van der Waals surface area contributed by atoms with Crippen molar-refractivity contribution in [2.24, 2.45) is 4.99 Å². The Labute approximate surface area is 115 Å². The van der Waals surface area contributed by atoms with Crippen LogP contribution in [0.3, 0.4) is 0 Å². The quantitative estimate of drug-likeness (QED) is 0.846. The summed E-state index contributed by atoms with van der Waals surface area (Å²) < 4.78 is 0. The van der Waals surface area contributed by atoms with Gasteiger partial charge in [0.1, 0.15) is 16.8 Å². The standard InChI is InChI=1S/C15H12N2OS/c16-8-12-11-5-3-7-14(11)19-15(12)17-9-10-4-1-2-6-13(10)18/h1-2,4,6,9,18H,3,5,7H2. The van der Waals surface area contributed by atoms with E-state index in [1.807, 2.05) is 6.07 Å². The van der Waals surface area contributed by atoms with E-state index in [1.165, 1.54) is 10.4 Å². The van der Waals surface area contributed by atoms with Crippen molar-refractivity contribution in [3.63, 3.8) is 0 Å². The van der Waals surface area contributed by atoms with Crippen LogP contribution >= 0.6 is 11.3 Å². The van der Waals surface area contributed by atoms with E-state index >= 15 is 0 Å². The first kappa shape index (κ1) is 11.9. The van der Waals surface area contributed by atoms with Crippen molar-refractivity contribution >= 4 is 22.6 Å². The maximum Gasteiger partial charge on any atom is 0.134 e. The zero-order chi connectivity index (χ0) is 13.2. The van der Waals surface area contributed by atoms with Gasteiger partial charge in [0, 0.05) is 16.7 Å². The zero-order valence-corrected chi connectivity index (χ0v) is 11.1. The van der Waals surface area contributed by atoms with E-state index in [2.05, 4.69) is 11.1 Å². The average molecular weight is 268 g/mol. The Morgan fingerprint density at radius 2 is 2.16 bits per heavy atom. The Kier molecular flexibility index (Phi) is 3.06. The molecule has 1 N–H and O–H groups in total. The highest BCUT2D eigenvalue weighted by Gasteiger charge is 2.21. The van der Waals surface area contributed by atoms with Crippen molar-refractivity contribution in [2.45, 2.75) is 19.3 Å². The van der Waals surface area contributed by atoms with Crippen molar-refractivity contribution in [3.05, 3.63) is 45.8 Å². The minimum atomic E-state index is 0.203. The minimum Gasteiger partial charge on any atom is -0.507 e. The fraction of sp³-hybridized carbons (Fsp3) is 0.200. The molecule has 94 valence electrons. The predicted octanol–water partition coefficient (Wildman–Crippen LogP) is 3.56. The number of thiophene rings is 1. The lowest BCUT2D eigenvalue weighted by molar-refractivity contribution is 0.474. The van der Waals surface area contributed by atoms with Crippen LogP contribution in [0, 0.1) is 11.3 Å². The van der Waals surface area contributed by atoms with Gasteiger partial charge in [0.15, 0.2) is 0 Å². The van der Waals surface area contributed by atoms with Crippen LogP contribution in [0.1, 0.15) is 28.0 Å². The molecule has 1 aromatic carbocycles. The van der Waals surface area contributed by atoms with Gasteiger partial charge in [-0.1, -0.05) is 12.1 Å². The van der Waals surface area contributed by atoms with Gasteiger partial charge < -0.3 is 5.11 Å². The number of phenolic OH excluding ortho intramolecular Hbond substituents is 1. The molecule has 1 aromatic heterocycles. The maximum absolute atomic E-state index is 9.68. The molecule has 4 heteroatoms. The monoisotopic (exact) mass is 268 g/mol. The number of benzene rings is 1. The molecule has 0 saturated heterocycles. The molecule has 0 unspecified atom stereocenters. The lowest BCUT2D eigenvalue weighted by Gasteiger charge is -1.96. The van der Waals surface area contributed by atoms with E-state index in [0.717, 1.165) is 24.3 Å². The van der Waals surface area contributed by atoms with Gasteiger partial charge in [0.25, 0.3) is 0 Å². The van der Waals surface area contributed by atoms with Crippen molar-refractivity contribution in [1.82, 2.24) is 0 Å². The second kappa shape index (κ2) is 4.87. The molecule has 0 saturated carbocycles. The van der Waals surface area contributed by atoms with E-state index < -0.39 is 0 Å². The number of nitrogens with zero attached hydrogens (tertiary/aromatic N) is 2. The third-order valence-corrected chi connectivity index (χ3v) is 4.47. The molecule has 3 rings (SSSR count). The van der Waals surface area contributed by atoms with Gasteiger partial charge in [-0.25, -0.2) is 4.99 Å². The minimum absolute atomic E-state index is 0.203. The van der Waals surface area contributed by atoms with Gasteiger partial charge in [-0.3, -0.25) is 0 Å². The largest absolute Gasteiger partial charge is 0.507 e. The molecule has 0 aliphatic heterocycles. The van der Waals surface area contributed by atoms with Crippen LogP contribution in [0.4, 0.5) is 5.00 Å². The lowest BCUT2D eigenvalue weighted by Crippen LogP contribution is -1.82. The average Bonchev–Trinajstić information content (AvgIpc) is 2.97. The Bertz CT molecular complexity index is 695. The number of para-hydroxylation sites is 1. The van der Waals surface area contributed by atoms with Crippen LogP contribution < -0.4 is 0 Å². The number of fused-ring (bicyclic) bond motifs is 1. The van der Waals surface area contributed by atoms with Crippen LogP contribution in [-0.4, -0.2) is 11.3 Å². The number of phenols is 1. The SMILES string of the molecule is N#Cc1c(N=Cc2ccccc2O)sc2c1CCC2. The number of nitriles is 1. The molecule has 3 nitrogen and oxygen atoms in total. The van der Waals surface area contributed by atoms with Gasteiger partial charge in [-0.15, -0.1) is 11.3 Å². The number of aryl methyl sites for hydroxylation is 1. The summed E-state index contributed by atoms with van der Waals surface area (Å²) in [5.41, 5.74) is 2.56. The summed E-state index contributed by atoms with van der Waals surface area (Å²) >= 11 is 1.60. The van der Waals surface area contributed by atoms with Crippen LogP contribution in [0.5, 0.6) is 5.75 Å².